The third-order valence-corrected chi connectivity index (χ3v) is 5.57. The van der Waals surface area contributed by atoms with E-state index < -0.39 is 0 Å². The molecule has 2 heterocycles. The Labute approximate surface area is 148 Å². The van der Waals surface area contributed by atoms with Crippen LogP contribution in [0.2, 0.25) is 5.02 Å². The van der Waals surface area contributed by atoms with E-state index in [1.54, 1.807) is 16.2 Å². The van der Waals surface area contributed by atoms with Gasteiger partial charge < -0.3 is 4.90 Å². The van der Waals surface area contributed by atoms with Gasteiger partial charge in [0.2, 0.25) is 0 Å². The van der Waals surface area contributed by atoms with Crippen LogP contribution in [0, 0.1) is 6.92 Å². The number of aryl methyl sites for hydroxylation is 1. The Morgan fingerprint density at radius 2 is 2.17 bits per heavy atom. The molecule has 0 radical (unpaired) electrons. The van der Waals surface area contributed by atoms with Gasteiger partial charge in [-0.1, -0.05) is 23.7 Å². The lowest BCUT2D eigenvalue weighted by Gasteiger charge is -2.15. The molecule has 6 heteroatoms. The second-order valence-corrected chi connectivity index (χ2v) is 7.45. The molecule has 1 aromatic carbocycles. The van der Waals surface area contributed by atoms with Crippen molar-refractivity contribution in [2.24, 2.45) is 0 Å². The van der Waals surface area contributed by atoms with Crippen LogP contribution in [0.15, 0.2) is 41.1 Å². The summed E-state index contributed by atoms with van der Waals surface area (Å²) in [4.78, 5) is 19.6. The third kappa shape index (κ3) is 3.63. The zero-order valence-corrected chi connectivity index (χ0v) is 15.1. The van der Waals surface area contributed by atoms with E-state index in [9.17, 15) is 4.79 Å². The molecule has 0 aliphatic carbocycles. The van der Waals surface area contributed by atoms with Crippen molar-refractivity contribution < 1.29 is 4.79 Å². The van der Waals surface area contributed by atoms with Crippen LogP contribution >= 0.6 is 34.3 Å². The van der Waals surface area contributed by atoms with Crippen molar-refractivity contribution in [2.75, 3.05) is 7.05 Å². The summed E-state index contributed by atoms with van der Waals surface area (Å²) in [6.07, 6.45) is 0. The van der Waals surface area contributed by atoms with E-state index in [1.165, 1.54) is 11.3 Å². The van der Waals surface area contributed by atoms with Crippen molar-refractivity contribution in [2.45, 2.75) is 13.5 Å². The van der Waals surface area contributed by atoms with Gasteiger partial charge in [0.15, 0.2) is 0 Å². The molecule has 0 unspecified atom stereocenters. The molecular formula is C17H15ClN2OS2. The van der Waals surface area contributed by atoms with Crippen LogP contribution in [0.1, 0.15) is 20.9 Å². The molecule has 0 spiro atoms. The smallest absolute Gasteiger partial charge is 0.265 e. The molecule has 3 rings (SSSR count). The quantitative estimate of drug-likeness (QED) is 0.646. The van der Waals surface area contributed by atoms with Gasteiger partial charge in [-0.3, -0.25) is 4.79 Å². The molecule has 0 saturated carbocycles. The number of carbonyl (C=O) groups is 1. The Bertz CT molecular complexity index is 827. The van der Waals surface area contributed by atoms with E-state index >= 15 is 0 Å². The number of amides is 1. The Balaban J connectivity index is 1.84. The van der Waals surface area contributed by atoms with E-state index in [4.69, 9.17) is 11.6 Å². The SMILES string of the molecule is Cc1nc(-c2cccc(Cl)c2)sc1C(=O)N(C)Cc1ccsc1. The van der Waals surface area contributed by atoms with Crippen molar-refractivity contribution in [3.63, 3.8) is 0 Å². The second kappa shape index (κ2) is 6.83. The first-order valence-electron chi connectivity index (χ1n) is 7.04. The molecule has 0 saturated heterocycles. The minimum atomic E-state index is -0.000483. The maximum atomic E-state index is 12.7. The number of thiophene rings is 1. The van der Waals surface area contributed by atoms with Gasteiger partial charge in [-0.15, -0.1) is 11.3 Å². The van der Waals surface area contributed by atoms with Crippen LogP contribution in [-0.2, 0) is 6.54 Å². The maximum Gasteiger partial charge on any atom is 0.265 e. The lowest BCUT2D eigenvalue weighted by atomic mass is 10.2. The second-order valence-electron chi connectivity index (χ2n) is 5.24. The third-order valence-electron chi connectivity index (χ3n) is 3.41. The van der Waals surface area contributed by atoms with E-state index in [0.29, 0.717) is 16.4 Å². The molecule has 23 heavy (non-hydrogen) atoms. The van der Waals surface area contributed by atoms with Gasteiger partial charge in [-0.2, -0.15) is 11.3 Å². The minimum absolute atomic E-state index is 0.000483. The Morgan fingerprint density at radius 1 is 1.35 bits per heavy atom. The highest BCUT2D eigenvalue weighted by atomic mass is 35.5. The summed E-state index contributed by atoms with van der Waals surface area (Å²) >= 11 is 9.08. The van der Waals surface area contributed by atoms with Crippen LogP contribution in [-0.4, -0.2) is 22.8 Å². The summed E-state index contributed by atoms with van der Waals surface area (Å²) in [5.74, 6) is -0.000483. The molecule has 118 valence electrons. The fraction of sp³-hybridized carbons (Fsp3) is 0.176. The number of hydrogen-bond donors (Lipinski definition) is 0. The molecule has 0 aliphatic heterocycles. The predicted molar refractivity (Wildman–Crippen MR) is 97.4 cm³/mol. The van der Waals surface area contributed by atoms with Crippen LogP contribution < -0.4 is 0 Å². The van der Waals surface area contributed by atoms with E-state index in [2.05, 4.69) is 10.4 Å². The van der Waals surface area contributed by atoms with Gasteiger partial charge in [0.1, 0.15) is 9.88 Å². The molecule has 0 aliphatic rings. The van der Waals surface area contributed by atoms with Crippen LogP contribution in [0.25, 0.3) is 10.6 Å². The zero-order chi connectivity index (χ0) is 16.4. The number of halogens is 1. The van der Waals surface area contributed by atoms with Crippen LogP contribution in [0.4, 0.5) is 0 Å². The van der Waals surface area contributed by atoms with Gasteiger partial charge in [0.05, 0.1) is 5.69 Å². The molecule has 3 nitrogen and oxygen atoms in total. The predicted octanol–water partition coefficient (Wildman–Crippen LogP) is 5.11. The average molecular weight is 363 g/mol. The number of thiazole rings is 1. The Morgan fingerprint density at radius 3 is 2.87 bits per heavy atom. The number of carbonyl (C=O) groups excluding carboxylic acids is 1. The first-order valence-corrected chi connectivity index (χ1v) is 9.18. The van der Waals surface area contributed by atoms with Crippen LogP contribution in [0.5, 0.6) is 0 Å². The summed E-state index contributed by atoms with van der Waals surface area (Å²) in [7, 11) is 1.82. The van der Waals surface area contributed by atoms with Crippen molar-refractivity contribution in [3.05, 3.63) is 62.2 Å². The molecular weight excluding hydrogens is 348 g/mol. The van der Waals surface area contributed by atoms with Gasteiger partial charge in [-0.05, 0) is 41.4 Å². The zero-order valence-electron chi connectivity index (χ0n) is 12.7. The number of rotatable bonds is 4. The Kier molecular flexibility index (Phi) is 4.80. The summed E-state index contributed by atoms with van der Waals surface area (Å²) in [6, 6.07) is 9.56. The highest BCUT2D eigenvalue weighted by molar-refractivity contribution is 7.17. The number of hydrogen-bond acceptors (Lipinski definition) is 4. The number of aromatic nitrogens is 1. The first kappa shape index (κ1) is 16.2. The van der Waals surface area contributed by atoms with Crippen molar-refractivity contribution in [3.8, 4) is 10.6 Å². The highest BCUT2D eigenvalue weighted by Crippen LogP contribution is 2.30. The lowest BCUT2D eigenvalue weighted by molar-refractivity contribution is 0.0789. The van der Waals surface area contributed by atoms with Gasteiger partial charge in [0.25, 0.3) is 5.91 Å². The number of benzene rings is 1. The fourth-order valence-corrected chi connectivity index (χ4v) is 4.15. The molecule has 3 aromatic rings. The first-order chi connectivity index (χ1) is 11.0. The fourth-order valence-electron chi connectivity index (χ4n) is 2.24. The van der Waals surface area contributed by atoms with E-state index in [1.807, 2.05) is 49.7 Å². The monoisotopic (exact) mass is 362 g/mol. The molecule has 0 fully saturated rings. The average Bonchev–Trinajstić information content (AvgIpc) is 3.16. The topological polar surface area (TPSA) is 33.2 Å². The molecule has 1 amide bonds. The minimum Gasteiger partial charge on any atom is -0.337 e. The van der Waals surface area contributed by atoms with Crippen molar-refractivity contribution in [1.82, 2.24) is 9.88 Å². The van der Waals surface area contributed by atoms with E-state index in [-0.39, 0.29) is 5.91 Å². The summed E-state index contributed by atoms with van der Waals surface area (Å²) in [6.45, 7) is 2.47. The van der Waals surface area contributed by atoms with Gasteiger partial charge in [0, 0.05) is 24.2 Å². The summed E-state index contributed by atoms with van der Waals surface area (Å²) in [5, 5.41) is 5.55. The van der Waals surface area contributed by atoms with Crippen molar-refractivity contribution >= 4 is 40.2 Å². The standard InChI is InChI=1S/C17H15ClN2OS2/c1-11-15(17(21)20(2)9-12-6-7-22-10-12)23-16(19-11)13-4-3-5-14(18)8-13/h3-8,10H,9H2,1-2H3. The van der Waals surface area contributed by atoms with Gasteiger partial charge >= 0.3 is 0 Å². The largest absolute Gasteiger partial charge is 0.337 e. The lowest BCUT2D eigenvalue weighted by Crippen LogP contribution is -2.25. The highest BCUT2D eigenvalue weighted by Gasteiger charge is 2.20. The molecule has 2 aromatic heterocycles. The number of nitrogens with zero attached hydrogens (tertiary/aromatic N) is 2. The normalized spacial score (nSPS) is 10.7. The molecule has 0 atom stereocenters. The molecule has 0 N–H and O–H groups in total. The van der Waals surface area contributed by atoms with Crippen LogP contribution in [0.3, 0.4) is 0 Å². The maximum absolute atomic E-state index is 12.7. The summed E-state index contributed by atoms with van der Waals surface area (Å²) < 4.78 is 0. The van der Waals surface area contributed by atoms with E-state index in [0.717, 1.165) is 21.8 Å². The molecule has 0 bridgehead atoms. The summed E-state index contributed by atoms with van der Waals surface area (Å²) in [5.41, 5.74) is 2.83. The van der Waals surface area contributed by atoms with Crippen molar-refractivity contribution in [1.29, 1.82) is 0 Å². The Hall–Kier alpha value is -1.69. The van der Waals surface area contributed by atoms with Gasteiger partial charge in [-0.25, -0.2) is 4.98 Å².